The number of anilines is 2. The number of hydrogen-bond donors (Lipinski definition) is 3. The minimum absolute atomic E-state index is 0.0136. The summed E-state index contributed by atoms with van der Waals surface area (Å²) in [6.07, 6.45) is 1.50. The first-order valence-electron chi connectivity index (χ1n) is 7.67. The number of nitrogens with zero attached hydrogens (tertiary/aromatic N) is 3. The predicted octanol–water partition coefficient (Wildman–Crippen LogP) is 2.23. The van der Waals surface area contributed by atoms with Crippen molar-refractivity contribution in [3.63, 3.8) is 0 Å². The number of halogens is 2. The van der Waals surface area contributed by atoms with E-state index >= 15 is 0 Å². The number of nitrogens with two attached hydrogens (primary N) is 1. The molecule has 0 bridgehead atoms. The van der Waals surface area contributed by atoms with E-state index in [2.05, 4.69) is 20.5 Å². The molecular formula is C15H18Cl2N6O. The molecule has 1 amide bonds. The molecule has 3 rings (SSSR count). The second-order valence-corrected chi connectivity index (χ2v) is 6.56. The Morgan fingerprint density at radius 2 is 2.08 bits per heavy atom. The molecule has 128 valence electrons. The lowest BCUT2D eigenvalue weighted by Gasteiger charge is -2.30. The number of aromatic nitrogens is 3. The number of aromatic amines is 1. The molecule has 0 radical (unpaired) electrons. The number of carbonyl (C=O) groups is 1. The number of amides is 1. The number of hydrogen-bond acceptors (Lipinski definition) is 5. The summed E-state index contributed by atoms with van der Waals surface area (Å²) in [5, 5.41) is 10.6. The van der Waals surface area contributed by atoms with E-state index in [0.717, 1.165) is 31.5 Å². The van der Waals surface area contributed by atoms with Crippen LogP contribution in [-0.2, 0) is 11.3 Å². The van der Waals surface area contributed by atoms with Gasteiger partial charge in [0.05, 0.1) is 10.0 Å². The Labute approximate surface area is 149 Å². The van der Waals surface area contributed by atoms with Gasteiger partial charge in [0.1, 0.15) is 0 Å². The first-order chi connectivity index (χ1) is 11.5. The number of carbonyl (C=O) groups excluding carboxylic acids is 1. The molecular weight excluding hydrogens is 351 g/mol. The summed E-state index contributed by atoms with van der Waals surface area (Å²) in [5.41, 5.74) is 6.46. The van der Waals surface area contributed by atoms with Crippen molar-refractivity contribution in [3.05, 3.63) is 33.8 Å². The van der Waals surface area contributed by atoms with Crippen LogP contribution >= 0.6 is 23.2 Å². The van der Waals surface area contributed by atoms with E-state index in [-0.39, 0.29) is 11.8 Å². The lowest BCUT2D eigenvalue weighted by atomic mass is 9.96. The third kappa shape index (κ3) is 3.91. The third-order valence-electron chi connectivity index (χ3n) is 4.09. The van der Waals surface area contributed by atoms with Gasteiger partial charge in [-0.05, 0) is 30.5 Å². The van der Waals surface area contributed by atoms with Crippen LogP contribution in [-0.4, -0.2) is 34.2 Å². The molecule has 2 heterocycles. The molecule has 0 atom stereocenters. The van der Waals surface area contributed by atoms with Crippen LogP contribution in [0.4, 0.5) is 11.9 Å². The zero-order valence-corrected chi connectivity index (χ0v) is 14.4. The fourth-order valence-electron chi connectivity index (χ4n) is 2.73. The maximum Gasteiger partial charge on any atom is 0.246 e. The van der Waals surface area contributed by atoms with Gasteiger partial charge in [-0.2, -0.15) is 4.98 Å². The summed E-state index contributed by atoms with van der Waals surface area (Å²) in [6.45, 7) is 1.89. The van der Waals surface area contributed by atoms with Gasteiger partial charge in [0.25, 0.3) is 0 Å². The van der Waals surface area contributed by atoms with Crippen LogP contribution in [0.2, 0.25) is 10.0 Å². The monoisotopic (exact) mass is 368 g/mol. The summed E-state index contributed by atoms with van der Waals surface area (Å²) in [7, 11) is 0. The molecule has 0 spiro atoms. The molecule has 24 heavy (non-hydrogen) atoms. The van der Waals surface area contributed by atoms with Crippen LogP contribution in [0.15, 0.2) is 18.2 Å². The van der Waals surface area contributed by atoms with Crippen molar-refractivity contribution in [3.8, 4) is 0 Å². The molecule has 1 saturated heterocycles. The van der Waals surface area contributed by atoms with Crippen molar-refractivity contribution in [1.82, 2.24) is 20.5 Å². The molecule has 0 unspecified atom stereocenters. The fourth-order valence-corrected chi connectivity index (χ4v) is 3.05. The zero-order valence-electron chi connectivity index (χ0n) is 12.9. The number of nitrogens with one attached hydrogen (secondary N) is 2. The summed E-state index contributed by atoms with van der Waals surface area (Å²) in [6, 6.07) is 5.34. The largest absolute Gasteiger partial charge is 0.368 e. The highest BCUT2D eigenvalue weighted by Gasteiger charge is 2.26. The lowest BCUT2D eigenvalue weighted by molar-refractivity contribution is -0.125. The maximum atomic E-state index is 12.3. The van der Waals surface area contributed by atoms with Gasteiger partial charge in [0.15, 0.2) is 0 Å². The van der Waals surface area contributed by atoms with Crippen molar-refractivity contribution < 1.29 is 4.79 Å². The van der Waals surface area contributed by atoms with Crippen LogP contribution in [0.25, 0.3) is 0 Å². The van der Waals surface area contributed by atoms with E-state index < -0.39 is 0 Å². The van der Waals surface area contributed by atoms with Crippen LogP contribution in [0.5, 0.6) is 0 Å². The van der Waals surface area contributed by atoms with E-state index in [1.807, 2.05) is 11.0 Å². The Hall–Kier alpha value is -1.99. The van der Waals surface area contributed by atoms with E-state index in [1.165, 1.54) is 0 Å². The number of H-pyrrole nitrogens is 1. The molecule has 1 aliphatic heterocycles. The molecule has 1 aromatic heterocycles. The smallest absolute Gasteiger partial charge is 0.246 e. The van der Waals surface area contributed by atoms with Crippen molar-refractivity contribution in [1.29, 1.82) is 0 Å². The number of piperidine rings is 1. The summed E-state index contributed by atoms with van der Waals surface area (Å²) in [5.74, 6) is 0.921. The van der Waals surface area contributed by atoms with Gasteiger partial charge in [-0.15, -0.1) is 5.10 Å². The van der Waals surface area contributed by atoms with Gasteiger partial charge >= 0.3 is 0 Å². The topological polar surface area (TPSA) is 99.9 Å². The average molecular weight is 369 g/mol. The Balaban J connectivity index is 1.49. The van der Waals surface area contributed by atoms with Crippen molar-refractivity contribution in [2.45, 2.75) is 19.4 Å². The highest BCUT2D eigenvalue weighted by Crippen LogP contribution is 2.23. The van der Waals surface area contributed by atoms with Gasteiger partial charge < -0.3 is 16.0 Å². The summed E-state index contributed by atoms with van der Waals surface area (Å²) < 4.78 is 0. The first kappa shape index (κ1) is 16.9. The van der Waals surface area contributed by atoms with Crippen LogP contribution < -0.4 is 16.0 Å². The minimum atomic E-state index is -0.0136. The van der Waals surface area contributed by atoms with Crippen molar-refractivity contribution >= 4 is 41.0 Å². The zero-order chi connectivity index (χ0) is 17.1. The SMILES string of the molecule is Nc1nc(N2CCC(C(=O)NCc3ccc(Cl)c(Cl)c3)CC2)n[nH]1. The van der Waals surface area contributed by atoms with Gasteiger partial charge in [-0.3, -0.25) is 4.79 Å². The summed E-state index contributed by atoms with van der Waals surface area (Å²) >= 11 is 11.9. The van der Waals surface area contributed by atoms with Crippen molar-refractivity contribution in [2.75, 3.05) is 23.7 Å². The van der Waals surface area contributed by atoms with Gasteiger partial charge in [0, 0.05) is 25.6 Å². The van der Waals surface area contributed by atoms with Crippen LogP contribution in [0, 0.1) is 5.92 Å². The molecule has 4 N–H and O–H groups in total. The molecule has 9 heteroatoms. The molecule has 7 nitrogen and oxygen atoms in total. The summed E-state index contributed by atoms with van der Waals surface area (Å²) in [4.78, 5) is 18.5. The van der Waals surface area contributed by atoms with Gasteiger partial charge in [-0.1, -0.05) is 29.3 Å². The second-order valence-electron chi connectivity index (χ2n) is 5.75. The highest BCUT2D eigenvalue weighted by molar-refractivity contribution is 6.42. The number of benzene rings is 1. The fraction of sp³-hybridized carbons (Fsp3) is 0.400. The van der Waals surface area contributed by atoms with Crippen LogP contribution in [0.3, 0.4) is 0 Å². The van der Waals surface area contributed by atoms with E-state index in [9.17, 15) is 4.79 Å². The van der Waals surface area contributed by atoms with Gasteiger partial charge in [-0.25, -0.2) is 5.10 Å². The van der Waals surface area contributed by atoms with E-state index in [0.29, 0.717) is 28.5 Å². The number of nitrogen functional groups attached to an aromatic ring is 1. The molecule has 1 fully saturated rings. The molecule has 1 aliphatic rings. The second kappa shape index (κ2) is 7.27. The highest BCUT2D eigenvalue weighted by atomic mass is 35.5. The Bertz CT molecular complexity index is 727. The Morgan fingerprint density at radius 1 is 1.33 bits per heavy atom. The normalized spacial score (nSPS) is 15.5. The lowest BCUT2D eigenvalue weighted by Crippen LogP contribution is -2.40. The third-order valence-corrected chi connectivity index (χ3v) is 4.83. The average Bonchev–Trinajstić information content (AvgIpc) is 3.02. The molecule has 0 saturated carbocycles. The quantitative estimate of drug-likeness (QED) is 0.768. The molecule has 2 aromatic rings. The number of rotatable bonds is 4. The van der Waals surface area contributed by atoms with Crippen LogP contribution in [0.1, 0.15) is 18.4 Å². The predicted molar refractivity (Wildman–Crippen MR) is 94.0 cm³/mol. The first-order valence-corrected chi connectivity index (χ1v) is 8.43. The molecule has 1 aromatic carbocycles. The maximum absolute atomic E-state index is 12.3. The Kier molecular flexibility index (Phi) is 5.11. The van der Waals surface area contributed by atoms with Gasteiger partial charge in [0.2, 0.25) is 17.8 Å². The minimum Gasteiger partial charge on any atom is -0.368 e. The standard InChI is InChI=1S/C15H18Cl2N6O/c16-11-2-1-9(7-12(11)17)8-19-13(24)10-3-5-23(6-4-10)15-20-14(18)21-22-15/h1-2,7,10H,3-6,8H2,(H,19,24)(H3,18,20,21,22). The van der Waals surface area contributed by atoms with Crippen molar-refractivity contribution in [2.24, 2.45) is 5.92 Å². The molecule has 0 aliphatic carbocycles. The van der Waals surface area contributed by atoms with E-state index in [1.54, 1.807) is 12.1 Å². The Morgan fingerprint density at radius 3 is 2.71 bits per heavy atom. The van der Waals surface area contributed by atoms with E-state index in [4.69, 9.17) is 28.9 Å².